The van der Waals surface area contributed by atoms with Crippen molar-refractivity contribution >= 4 is 0 Å². The van der Waals surface area contributed by atoms with E-state index < -0.39 is 0 Å². The molecule has 0 aromatic heterocycles. The summed E-state index contributed by atoms with van der Waals surface area (Å²) in [7, 11) is 2.07. The quantitative estimate of drug-likeness (QED) is 0.786. The van der Waals surface area contributed by atoms with E-state index in [4.69, 9.17) is 0 Å². The largest absolute Gasteiger partial charge is 0.390 e. The summed E-state index contributed by atoms with van der Waals surface area (Å²) < 4.78 is 0. The van der Waals surface area contributed by atoms with Gasteiger partial charge in [-0.05, 0) is 44.6 Å². The van der Waals surface area contributed by atoms with Gasteiger partial charge in [-0.25, -0.2) is 0 Å². The van der Waals surface area contributed by atoms with Crippen molar-refractivity contribution in [3.05, 3.63) is 0 Å². The van der Waals surface area contributed by atoms with Crippen molar-refractivity contribution in [1.29, 1.82) is 0 Å². The number of aliphatic hydroxyl groups is 1. The van der Waals surface area contributed by atoms with Crippen LogP contribution >= 0.6 is 0 Å². The number of nitrogens with zero attached hydrogens (tertiary/aromatic N) is 1. The van der Waals surface area contributed by atoms with Gasteiger partial charge in [-0.15, -0.1) is 0 Å². The van der Waals surface area contributed by atoms with Gasteiger partial charge in [0.05, 0.1) is 5.60 Å². The van der Waals surface area contributed by atoms with Crippen LogP contribution in [0.2, 0.25) is 0 Å². The number of hydrogen-bond donors (Lipinski definition) is 2. The van der Waals surface area contributed by atoms with E-state index in [2.05, 4.69) is 31.1 Å². The number of rotatable bonds is 6. The van der Waals surface area contributed by atoms with E-state index in [1.807, 2.05) is 0 Å². The molecule has 2 rings (SSSR count). The van der Waals surface area contributed by atoms with Crippen LogP contribution in [0.3, 0.4) is 0 Å². The van der Waals surface area contributed by atoms with E-state index in [1.165, 1.54) is 38.6 Å². The molecule has 0 aromatic rings. The number of hydrogen-bond acceptors (Lipinski definition) is 3. The fourth-order valence-electron chi connectivity index (χ4n) is 4.41. The molecular weight excluding hydrogens is 248 g/mol. The van der Waals surface area contributed by atoms with E-state index in [9.17, 15) is 5.11 Å². The lowest BCUT2D eigenvalue weighted by molar-refractivity contribution is -0.101. The summed E-state index contributed by atoms with van der Waals surface area (Å²) in [5.41, 5.74) is 0.0672. The smallest absolute Gasteiger partial charge is 0.0700 e. The highest BCUT2D eigenvalue weighted by molar-refractivity contribution is 4.97. The number of fused-ring (bicyclic) bond motifs is 1. The molecule has 20 heavy (non-hydrogen) atoms. The van der Waals surface area contributed by atoms with Gasteiger partial charge in [-0.1, -0.05) is 26.7 Å². The third kappa shape index (κ3) is 3.37. The first kappa shape index (κ1) is 16.3. The Hall–Kier alpha value is -0.120. The van der Waals surface area contributed by atoms with Crippen molar-refractivity contribution in [3.63, 3.8) is 0 Å². The van der Waals surface area contributed by atoms with Crippen molar-refractivity contribution in [2.24, 2.45) is 11.3 Å². The maximum atomic E-state index is 10.8. The first-order valence-corrected chi connectivity index (χ1v) is 8.67. The van der Waals surface area contributed by atoms with Gasteiger partial charge in [0.15, 0.2) is 0 Å². The Kier molecular flexibility index (Phi) is 5.49. The molecule has 0 radical (unpaired) electrons. The van der Waals surface area contributed by atoms with Crippen LogP contribution < -0.4 is 5.32 Å². The van der Waals surface area contributed by atoms with Gasteiger partial charge in [0.2, 0.25) is 0 Å². The summed E-state index contributed by atoms with van der Waals surface area (Å²) in [5.74, 6) is 0.519. The first-order chi connectivity index (χ1) is 9.57. The second-order valence-corrected chi connectivity index (χ2v) is 7.27. The molecule has 1 aliphatic carbocycles. The minimum Gasteiger partial charge on any atom is -0.390 e. The Morgan fingerprint density at radius 1 is 1.25 bits per heavy atom. The molecule has 118 valence electrons. The predicted molar refractivity (Wildman–Crippen MR) is 84.9 cm³/mol. The normalized spacial score (nSPS) is 32.1. The van der Waals surface area contributed by atoms with Gasteiger partial charge >= 0.3 is 0 Å². The van der Waals surface area contributed by atoms with Crippen LogP contribution in [0.25, 0.3) is 0 Å². The Labute approximate surface area is 125 Å². The molecule has 0 spiro atoms. The summed E-state index contributed by atoms with van der Waals surface area (Å²) in [4.78, 5) is 2.63. The Balaban J connectivity index is 1.97. The maximum absolute atomic E-state index is 10.8. The molecule has 0 amide bonds. The van der Waals surface area contributed by atoms with E-state index in [0.717, 1.165) is 32.5 Å². The average Bonchev–Trinajstić information content (AvgIpc) is 2.47. The second-order valence-electron chi connectivity index (χ2n) is 7.27. The van der Waals surface area contributed by atoms with E-state index in [0.29, 0.717) is 11.3 Å². The summed E-state index contributed by atoms with van der Waals surface area (Å²) in [6.07, 6.45) is 8.25. The minimum atomic E-state index is -0.334. The monoisotopic (exact) mass is 282 g/mol. The highest BCUT2D eigenvalue weighted by atomic mass is 16.3. The molecule has 2 unspecified atom stereocenters. The van der Waals surface area contributed by atoms with Crippen LogP contribution in [0.15, 0.2) is 0 Å². The Morgan fingerprint density at radius 2 is 2.00 bits per heavy atom. The van der Waals surface area contributed by atoms with Gasteiger partial charge in [-0.2, -0.15) is 0 Å². The van der Waals surface area contributed by atoms with Crippen molar-refractivity contribution in [2.45, 2.75) is 64.4 Å². The molecule has 1 heterocycles. The van der Waals surface area contributed by atoms with Crippen molar-refractivity contribution in [3.8, 4) is 0 Å². The van der Waals surface area contributed by atoms with Gasteiger partial charge in [0.1, 0.15) is 0 Å². The molecule has 1 saturated carbocycles. The molecule has 2 atom stereocenters. The Bertz CT molecular complexity index is 303. The highest BCUT2D eigenvalue weighted by Crippen LogP contribution is 2.40. The summed E-state index contributed by atoms with van der Waals surface area (Å²) in [6.45, 7) is 9.13. The summed E-state index contributed by atoms with van der Waals surface area (Å²) in [6, 6.07) is 0. The molecular formula is C17H34N2O. The van der Waals surface area contributed by atoms with Gasteiger partial charge < -0.3 is 15.3 Å². The fourth-order valence-corrected chi connectivity index (χ4v) is 4.41. The first-order valence-electron chi connectivity index (χ1n) is 8.67. The van der Waals surface area contributed by atoms with Crippen molar-refractivity contribution < 1.29 is 5.11 Å². The summed E-state index contributed by atoms with van der Waals surface area (Å²) >= 11 is 0. The van der Waals surface area contributed by atoms with E-state index in [-0.39, 0.29) is 5.60 Å². The molecule has 3 nitrogen and oxygen atoms in total. The van der Waals surface area contributed by atoms with Crippen LogP contribution in [-0.2, 0) is 0 Å². The molecule has 2 N–H and O–H groups in total. The molecule has 0 bridgehead atoms. The molecule has 0 aromatic carbocycles. The van der Waals surface area contributed by atoms with E-state index >= 15 is 0 Å². The number of nitrogens with one attached hydrogen (secondary N) is 1. The zero-order chi connectivity index (χ0) is 14.6. The van der Waals surface area contributed by atoms with Gasteiger partial charge in [0, 0.05) is 32.1 Å². The lowest BCUT2D eigenvalue weighted by atomic mass is 9.70. The lowest BCUT2D eigenvalue weighted by Crippen LogP contribution is -2.55. The van der Waals surface area contributed by atoms with Crippen LogP contribution in [0.4, 0.5) is 0 Å². The average molecular weight is 282 g/mol. The standard InChI is InChI=1S/C17H34N2O/c1-4-16(5-2,13-18-3)14-19-11-10-17(20)9-7-6-8-15(17)12-19/h15,18,20H,4-14H2,1-3H3. The zero-order valence-electron chi connectivity index (χ0n) is 13.7. The van der Waals surface area contributed by atoms with Crippen LogP contribution in [0.5, 0.6) is 0 Å². The van der Waals surface area contributed by atoms with Crippen LogP contribution in [0, 0.1) is 11.3 Å². The van der Waals surface area contributed by atoms with Crippen molar-refractivity contribution in [1.82, 2.24) is 10.2 Å². The molecule has 2 aliphatic rings. The highest BCUT2D eigenvalue weighted by Gasteiger charge is 2.43. The van der Waals surface area contributed by atoms with E-state index in [1.54, 1.807) is 0 Å². The van der Waals surface area contributed by atoms with Crippen molar-refractivity contribution in [2.75, 3.05) is 33.2 Å². The Morgan fingerprint density at radius 3 is 2.65 bits per heavy atom. The van der Waals surface area contributed by atoms with Gasteiger partial charge in [-0.3, -0.25) is 0 Å². The molecule has 1 saturated heterocycles. The molecule has 2 fully saturated rings. The van der Waals surface area contributed by atoms with Gasteiger partial charge in [0.25, 0.3) is 0 Å². The maximum Gasteiger partial charge on any atom is 0.0700 e. The molecule has 1 aliphatic heterocycles. The number of piperidine rings is 1. The zero-order valence-corrected chi connectivity index (χ0v) is 13.7. The third-order valence-electron chi connectivity index (χ3n) is 6.12. The molecule has 3 heteroatoms. The lowest BCUT2D eigenvalue weighted by Gasteiger charge is -2.49. The SMILES string of the molecule is CCC(CC)(CNC)CN1CCC2(O)CCCCC2C1. The number of likely N-dealkylation sites (tertiary alicyclic amines) is 1. The minimum absolute atomic E-state index is 0.334. The summed E-state index contributed by atoms with van der Waals surface area (Å²) in [5, 5.41) is 14.2. The van der Waals surface area contributed by atoms with Crippen LogP contribution in [-0.4, -0.2) is 48.8 Å². The fraction of sp³-hybridized carbons (Fsp3) is 1.00. The predicted octanol–water partition coefficient (Wildman–Crippen LogP) is 2.64. The third-order valence-corrected chi connectivity index (χ3v) is 6.12. The topological polar surface area (TPSA) is 35.5 Å². The van der Waals surface area contributed by atoms with Crippen LogP contribution in [0.1, 0.15) is 58.8 Å². The second kappa shape index (κ2) is 6.76.